The molecule has 0 unspecified atom stereocenters. The fourth-order valence-electron chi connectivity index (χ4n) is 5.86. The smallest absolute Gasteiger partial charge is 0.232 e. The van der Waals surface area contributed by atoms with E-state index in [4.69, 9.17) is 0 Å². The highest BCUT2D eigenvalue weighted by Gasteiger charge is 2.54. The Bertz CT molecular complexity index is 1030. The number of rotatable bonds is 5. The molecular weight excluding hydrogens is 404 g/mol. The van der Waals surface area contributed by atoms with E-state index in [1.54, 1.807) is 0 Å². The van der Waals surface area contributed by atoms with Crippen LogP contribution >= 0.6 is 0 Å². The second-order valence-corrected chi connectivity index (χ2v) is 9.59. The van der Waals surface area contributed by atoms with E-state index in [1.165, 1.54) is 10.9 Å². The van der Waals surface area contributed by atoms with E-state index in [2.05, 4.69) is 22.4 Å². The van der Waals surface area contributed by atoms with Gasteiger partial charge in [-0.3, -0.25) is 14.4 Å². The van der Waals surface area contributed by atoms with Crippen LogP contribution in [0.25, 0.3) is 10.9 Å². The third-order valence-corrected chi connectivity index (χ3v) is 7.64. The zero-order chi connectivity index (χ0) is 22.1. The van der Waals surface area contributed by atoms with Gasteiger partial charge < -0.3 is 20.1 Å². The maximum absolute atomic E-state index is 13.6. The molecule has 2 N–H and O–H groups in total. The molecule has 3 amide bonds. The summed E-state index contributed by atoms with van der Waals surface area (Å²) >= 11 is 0. The lowest BCUT2D eigenvalue weighted by atomic mass is 9.69. The number of aromatic nitrogens is 1. The maximum Gasteiger partial charge on any atom is 0.232 e. The first-order chi connectivity index (χ1) is 15.6. The van der Waals surface area contributed by atoms with Gasteiger partial charge in [0.2, 0.25) is 17.7 Å². The number of likely N-dealkylation sites (tertiary alicyclic amines) is 2. The van der Waals surface area contributed by atoms with Crippen molar-refractivity contribution < 1.29 is 14.4 Å². The van der Waals surface area contributed by atoms with E-state index in [0.717, 1.165) is 44.3 Å². The molecule has 3 fully saturated rings. The molecule has 1 aromatic carbocycles. The van der Waals surface area contributed by atoms with Gasteiger partial charge >= 0.3 is 0 Å². The third-order valence-electron chi connectivity index (χ3n) is 7.64. The molecule has 7 heteroatoms. The van der Waals surface area contributed by atoms with Gasteiger partial charge in [-0.15, -0.1) is 0 Å². The molecule has 0 aliphatic carbocycles. The molecule has 0 radical (unpaired) electrons. The summed E-state index contributed by atoms with van der Waals surface area (Å²) in [4.78, 5) is 45.9. The number of piperidine rings is 2. The lowest BCUT2D eigenvalue weighted by Crippen LogP contribution is -2.67. The minimum absolute atomic E-state index is 0.0263. The van der Waals surface area contributed by atoms with Crippen LogP contribution in [0.5, 0.6) is 0 Å². The Morgan fingerprint density at radius 3 is 2.75 bits per heavy atom. The number of H-pyrrole nitrogens is 1. The Morgan fingerprint density at radius 2 is 1.91 bits per heavy atom. The first-order valence-corrected chi connectivity index (χ1v) is 12.0. The van der Waals surface area contributed by atoms with Crippen molar-refractivity contribution in [3.63, 3.8) is 0 Å². The largest absolute Gasteiger partial charge is 0.361 e. The number of carbonyl (C=O) groups is 3. The third kappa shape index (κ3) is 3.78. The van der Waals surface area contributed by atoms with Crippen LogP contribution in [0.4, 0.5) is 0 Å². The van der Waals surface area contributed by atoms with E-state index >= 15 is 0 Å². The van der Waals surface area contributed by atoms with E-state index < -0.39 is 5.41 Å². The number of hydrogen-bond donors (Lipinski definition) is 2. The topological polar surface area (TPSA) is 85.5 Å². The Kier molecular flexibility index (Phi) is 5.66. The van der Waals surface area contributed by atoms with Crippen LogP contribution in [0.3, 0.4) is 0 Å². The summed E-state index contributed by atoms with van der Waals surface area (Å²) in [5.74, 6) is 0.281. The van der Waals surface area contributed by atoms with E-state index in [0.29, 0.717) is 38.8 Å². The van der Waals surface area contributed by atoms with Gasteiger partial charge in [0.1, 0.15) is 0 Å². The van der Waals surface area contributed by atoms with Crippen molar-refractivity contribution in [2.24, 2.45) is 5.41 Å². The molecule has 3 aliphatic heterocycles. The van der Waals surface area contributed by atoms with Gasteiger partial charge in [0.05, 0.1) is 5.41 Å². The van der Waals surface area contributed by atoms with Gasteiger partial charge in [0, 0.05) is 62.2 Å². The molecule has 170 valence electrons. The minimum Gasteiger partial charge on any atom is -0.361 e. The van der Waals surface area contributed by atoms with Crippen molar-refractivity contribution in [1.82, 2.24) is 20.1 Å². The Hall–Kier alpha value is -2.83. The molecular formula is C25H32N4O3. The lowest BCUT2D eigenvalue weighted by molar-refractivity contribution is -0.155. The fraction of sp³-hybridized carbons (Fsp3) is 0.560. The van der Waals surface area contributed by atoms with Crippen molar-refractivity contribution in [2.45, 2.75) is 57.4 Å². The summed E-state index contributed by atoms with van der Waals surface area (Å²) in [5, 5.41) is 4.29. The summed E-state index contributed by atoms with van der Waals surface area (Å²) in [5.41, 5.74) is 1.70. The van der Waals surface area contributed by atoms with Gasteiger partial charge in [0.15, 0.2) is 0 Å². The summed E-state index contributed by atoms with van der Waals surface area (Å²) in [6.07, 6.45) is 7.77. The monoisotopic (exact) mass is 436 g/mol. The van der Waals surface area contributed by atoms with Crippen molar-refractivity contribution in [2.75, 3.05) is 26.2 Å². The molecule has 2 aromatic rings. The summed E-state index contributed by atoms with van der Waals surface area (Å²) in [7, 11) is 0. The number of hydrogen-bond acceptors (Lipinski definition) is 3. The molecule has 0 saturated carbocycles. The highest BCUT2D eigenvalue weighted by Crippen LogP contribution is 2.40. The van der Waals surface area contributed by atoms with Gasteiger partial charge in [-0.05, 0) is 50.2 Å². The molecule has 1 aromatic heterocycles. The van der Waals surface area contributed by atoms with E-state index in [1.807, 2.05) is 28.1 Å². The normalized spacial score (nSPS) is 25.6. The zero-order valence-electron chi connectivity index (χ0n) is 18.6. The second-order valence-electron chi connectivity index (χ2n) is 9.59. The van der Waals surface area contributed by atoms with E-state index in [9.17, 15) is 14.4 Å². The predicted molar refractivity (Wildman–Crippen MR) is 122 cm³/mol. The van der Waals surface area contributed by atoms with Crippen LogP contribution in [0.15, 0.2) is 30.5 Å². The Morgan fingerprint density at radius 1 is 1.09 bits per heavy atom. The quantitative estimate of drug-likeness (QED) is 0.756. The van der Waals surface area contributed by atoms with Gasteiger partial charge in [0.25, 0.3) is 0 Å². The minimum atomic E-state index is -0.664. The van der Waals surface area contributed by atoms with Gasteiger partial charge in [-0.2, -0.15) is 0 Å². The maximum atomic E-state index is 13.6. The highest BCUT2D eigenvalue weighted by molar-refractivity contribution is 5.89. The highest BCUT2D eigenvalue weighted by atomic mass is 16.2. The zero-order valence-corrected chi connectivity index (χ0v) is 18.6. The number of amides is 3. The van der Waals surface area contributed by atoms with Crippen molar-refractivity contribution in [1.29, 1.82) is 0 Å². The average molecular weight is 437 g/mol. The molecule has 32 heavy (non-hydrogen) atoms. The lowest BCUT2D eigenvalue weighted by Gasteiger charge is -2.50. The Labute approximate surface area is 188 Å². The molecule has 3 saturated heterocycles. The van der Waals surface area contributed by atoms with Crippen molar-refractivity contribution in [3.05, 3.63) is 36.0 Å². The molecule has 2 atom stereocenters. The fourth-order valence-corrected chi connectivity index (χ4v) is 5.86. The number of nitrogens with one attached hydrogen (secondary N) is 2. The molecule has 4 heterocycles. The first-order valence-electron chi connectivity index (χ1n) is 12.0. The number of benzene rings is 1. The van der Waals surface area contributed by atoms with E-state index in [-0.39, 0.29) is 23.8 Å². The van der Waals surface area contributed by atoms with Gasteiger partial charge in [-0.25, -0.2) is 0 Å². The number of fused-ring (bicyclic) bond motifs is 2. The van der Waals surface area contributed by atoms with Crippen LogP contribution in [0.2, 0.25) is 0 Å². The average Bonchev–Trinajstić information content (AvgIpc) is 3.49. The van der Waals surface area contributed by atoms with Crippen LogP contribution in [0.1, 0.15) is 50.5 Å². The van der Waals surface area contributed by atoms with Gasteiger partial charge in [-0.1, -0.05) is 18.2 Å². The standard InChI is InChI=1S/C25H32N4O3/c30-22-10-12-25(24(32)28-13-3-4-14-28)17-29(15-11-21(25)27-22)23(31)9-5-6-18-16-26-20-8-2-1-7-19(18)20/h1-2,7-8,16,21,26H,3-6,9-15,17H2,(H,27,30)/t21-,25+/m1/s1. The Balaban J connectivity index is 1.25. The second kappa shape index (κ2) is 8.60. The molecule has 3 aliphatic rings. The summed E-state index contributed by atoms with van der Waals surface area (Å²) in [6, 6.07) is 8.07. The number of carbonyl (C=O) groups excluding carboxylic acids is 3. The summed E-state index contributed by atoms with van der Waals surface area (Å²) < 4.78 is 0. The SMILES string of the molecule is O=C1CC[C@]2(C(=O)N3CCCC3)CN(C(=O)CCCc3c[nH]c4ccccc34)CC[C@H]2N1. The molecule has 5 rings (SSSR count). The number of para-hydroxylation sites is 1. The number of nitrogens with zero attached hydrogens (tertiary/aromatic N) is 2. The first kappa shape index (κ1) is 21.0. The van der Waals surface area contributed by atoms with Crippen molar-refractivity contribution in [3.8, 4) is 0 Å². The van der Waals surface area contributed by atoms with Crippen molar-refractivity contribution >= 4 is 28.6 Å². The predicted octanol–water partition coefficient (Wildman–Crippen LogP) is 2.61. The molecule has 0 bridgehead atoms. The van der Waals surface area contributed by atoms with Crippen LogP contribution in [-0.4, -0.2) is 64.7 Å². The molecule has 0 spiro atoms. The number of aryl methyl sites for hydroxylation is 1. The van der Waals surface area contributed by atoms with Crippen LogP contribution in [-0.2, 0) is 20.8 Å². The van der Waals surface area contributed by atoms with Crippen LogP contribution < -0.4 is 5.32 Å². The molecule has 7 nitrogen and oxygen atoms in total. The summed E-state index contributed by atoms with van der Waals surface area (Å²) in [6.45, 7) is 2.62. The number of aromatic amines is 1. The van der Waals surface area contributed by atoms with Crippen LogP contribution in [0, 0.1) is 5.41 Å².